The van der Waals surface area contributed by atoms with Gasteiger partial charge in [-0.05, 0) is 6.92 Å². The van der Waals surface area contributed by atoms with Crippen LogP contribution in [0.5, 0.6) is 0 Å². The van der Waals surface area contributed by atoms with Gasteiger partial charge in [-0.15, -0.1) is 0 Å². The summed E-state index contributed by atoms with van der Waals surface area (Å²) >= 11 is 0. The van der Waals surface area contributed by atoms with Gasteiger partial charge >= 0.3 is 5.97 Å². The molecule has 0 aromatic carbocycles. The molecule has 7 fully saturated rings. The Kier molecular flexibility index (Phi) is 24.4. The Morgan fingerprint density at radius 2 is 0.893 bits per heavy atom. The Balaban J connectivity index is 1.04. The summed E-state index contributed by atoms with van der Waals surface area (Å²) in [7, 11) is 0. The van der Waals surface area contributed by atoms with Crippen LogP contribution in [0.4, 0.5) is 0 Å². The maximum atomic E-state index is 12.6. The number of aliphatic carboxylic acids is 1. The number of aliphatic hydroxyl groups excluding tert-OH is 19. The lowest BCUT2D eigenvalue weighted by Crippen LogP contribution is -2.68. The first-order chi connectivity index (χ1) is 39.6. The molecule has 0 amide bonds. The molecule has 35 heteroatoms. The fraction of sp³-hybridized carbons (Fsp3) is 0.980. The Morgan fingerprint density at radius 1 is 0.476 bits per heavy atom. The largest absolute Gasteiger partial charge is 0.477 e. The summed E-state index contributed by atoms with van der Waals surface area (Å²) in [6.07, 6.45) is -54.9. The summed E-state index contributed by atoms with van der Waals surface area (Å²) < 4.78 is 76.1. The van der Waals surface area contributed by atoms with Gasteiger partial charge in [0.1, 0.15) is 128 Å². The second kappa shape index (κ2) is 29.4. The maximum Gasteiger partial charge on any atom is 0.364 e. The molecular formula is C49H85NO34. The molecule has 36 atom stereocenters. The van der Waals surface area contributed by atoms with E-state index < -0.39 is 278 Å². The second-order valence-electron chi connectivity index (χ2n) is 22.5. The van der Waals surface area contributed by atoms with Gasteiger partial charge in [-0.3, -0.25) is 0 Å². The van der Waals surface area contributed by atoms with Gasteiger partial charge in [0.2, 0.25) is 0 Å². The zero-order valence-electron chi connectivity index (χ0n) is 46.1. The van der Waals surface area contributed by atoms with Crippen LogP contribution in [0.25, 0.3) is 0 Å². The number of ether oxygens (including phenoxy) is 13. The molecule has 490 valence electrons. The van der Waals surface area contributed by atoms with E-state index in [1.165, 1.54) is 13.8 Å². The Hall–Kier alpha value is -1.85. The Bertz CT molecular complexity index is 2040. The van der Waals surface area contributed by atoms with Crippen molar-refractivity contribution in [1.29, 1.82) is 0 Å². The van der Waals surface area contributed by atoms with Crippen molar-refractivity contribution in [2.75, 3.05) is 46.2 Å². The van der Waals surface area contributed by atoms with E-state index in [1.54, 1.807) is 13.8 Å². The maximum absolute atomic E-state index is 12.6. The van der Waals surface area contributed by atoms with E-state index in [1.807, 2.05) is 0 Å². The third-order valence-corrected chi connectivity index (χ3v) is 17.0. The van der Waals surface area contributed by atoms with Gasteiger partial charge in [0.05, 0.1) is 82.8 Å². The fourth-order valence-corrected chi connectivity index (χ4v) is 11.3. The molecule has 0 spiro atoms. The minimum absolute atomic E-state index is 0.451. The summed E-state index contributed by atoms with van der Waals surface area (Å²) in [4.78, 5) is 12.6. The number of aliphatic hydroxyl groups is 19. The zero-order valence-corrected chi connectivity index (χ0v) is 46.1. The average Bonchev–Trinajstić information content (AvgIpc) is 1.98. The summed E-state index contributed by atoms with van der Waals surface area (Å²) in [5.74, 6) is -7.59. The fourth-order valence-electron chi connectivity index (χ4n) is 11.3. The predicted octanol–water partition coefficient (Wildman–Crippen LogP) is -12.2. The van der Waals surface area contributed by atoms with E-state index in [4.69, 9.17) is 67.3 Å². The zero-order chi connectivity index (χ0) is 62.1. The summed E-state index contributed by atoms with van der Waals surface area (Å²) in [6.45, 7) is -0.209. The molecule has 7 aliphatic heterocycles. The Morgan fingerprint density at radius 3 is 1.40 bits per heavy atom. The van der Waals surface area contributed by atoms with Crippen molar-refractivity contribution < 1.29 is 169 Å². The van der Waals surface area contributed by atoms with Crippen molar-refractivity contribution in [3.63, 3.8) is 0 Å². The van der Waals surface area contributed by atoms with Crippen LogP contribution in [0.15, 0.2) is 0 Å². The van der Waals surface area contributed by atoms with E-state index >= 15 is 0 Å². The van der Waals surface area contributed by atoms with Crippen LogP contribution in [-0.2, 0) is 66.4 Å². The van der Waals surface area contributed by atoms with Gasteiger partial charge in [0.15, 0.2) is 31.5 Å². The SMILES string of the molecule is C[C@@H]1OC(CO)[C@@H](O[C@@H]2OC(CO)[C@@H](O[C@@H]3OC(CO)[C@@H](O)C(O[C@H]4O[C@H](CO)[C@@H](O)C(O)C4O[C@@H]4OC(CO)[C@@H](O[C@@H]5OC(CO[C@]6(C(=O)O)C[C@@H](O)[C@@H](N)C([C@H](O)[C@H](O)CO)O6)[C@H](O)C(O)[C@@H]5O)C(O)[C@@H]4C)C3O)C(O)[C@@H]2C)C(O)[C@@H]1C. The van der Waals surface area contributed by atoms with Crippen LogP contribution >= 0.6 is 0 Å². The number of carboxylic acids is 1. The molecule has 0 bridgehead atoms. The summed E-state index contributed by atoms with van der Waals surface area (Å²) in [5.41, 5.74) is 5.92. The second-order valence-corrected chi connectivity index (χ2v) is 22.5. The van der Waals surface area contributed by atoms with Crippen LogP contribution in [-0.4, -0.2) is 356 Å². The highest BCUT2D eigenvalue weighted by atomic mass is 16.8. The van der Waals surface area contributed by atoms with E-state index in [0.717, 1.165) is 0 Å². The molecule has 7 rings (SSSR count). The predicted molar refractivity (Wildman–Crippen MR) is 264 cm³/mol. The number of hydrogen-bond acceptors (Lipinski definition) is 34. The third-order valence-electron chi connectivity index (χ3n) is 17.0. The quantitative estimate of drug-likeness (QED) is 0.0479. The molecular weight excluding hydrogens is 1150 g/mol. The highest BCUT2D eigenvalue weighted by Crippen LogP contribution is 2.40. The van der Waals surface area contributed by atoms with E-state index in [0.29, 0.717) is 0 Å². The molecule has 7 saturated heterocycles. The van der Waals surface area contributed by atoms with Crippen LogP contribution in [0, 0.1) is 17.8 Å². The molecule has 0 radical (unpaired) electrons. The summed E-state index contributed by atoms with van der Waals surface area (Å²) in [5, 5.41) is 216. The molecule has 0 aliphatic carbocycles. The van der Waals surface area contributed by atoms with Crippen molar-refractivity contribution >= 4 is 5.97 Å². The first kappa shape index (κ1) is 69.6. The van der Waals surface area contributed by atoms with Gasteiger partial charge in [-0.1, -0.05) is 20.8 Å². The molecule has 7 heterocycles. The molecule has 0 saturated carbocycles. The van der Waals surface area contributed by atoms with E-state index in [9.17, 15) is 107 Å². The number of hydrogen-bond donors (Lipinski definition) is 21. The van der Waals surface area contributed by atoms with Gasteiger partial charge in [0, 0.05) is 24.2 Å². The standard InChI is InChI=1S/C49H85NO34/c1-13-16(4)73-21(9-54)37(26(13)59)79-43-14(2)27(60)39(23(11-56)76-43)81-46-36(69)41(32(65)20(8-53)74-46)82-47-42(34(67)30(63)19(7-52)75-47)83-44-15(3)28(61)38(22(10-55)77-44)80-45-35(68)33(66)31(64)24(78-45)12-72-49(48(70)71)5-17(57)25(50)40(84-49)29(62)18(58)6-51/h13-47,51-69H,5-12,50H2,1-4H3,(H,70,71)/t13-,14+,15+,16+,17-,18-,19-,20?,21?,22?,23?,24?,25-,26?,27?,28?,29-,30-,31+,32-,33?,34?,35+,36?,37-,38-,39-,40?,41?,42?,43+,44+,45+,46+,47-,49-/m1/s1. The highest BCUT2D eigenvalue weighted by molar-refractivity contribution is 5.76. The molecule has 0 aromatic heterocycles. The topological polar surface area (TPSA) is 568 Å². The smallest absolute Gasteiger partial charge is 0.364 e. The van der Waals surface area contributed by atoms with Gasteiger partial charge < -0.3 is 169 Å². The molecule has 84 heavy (non-hydrogen) atoms. The van der Waals surface area contributed by atoms with Crippen molar-refractivity contribution in [2.45, 2.75) is 236 Å². The normalized spacial score (nSPS) is 51.3. The lowest BCUT2D eigenvalue weighted by atomic mass is 9.88. The van der Waals surface area contributed by atoms with Crippen LogP contribution in [0.1, 0.15) is 34.1 Å². The highest BCUT2D eigenvalue weighted by Gasteiger charge is 2.59. The lowest BCUT2D eigenvalue weighted by molar-refractivity contribution is -0.399. The van der Waals surface area contributed by atoms with Gasteiger partial charge in [-0.25, -0.2) is 4.79 Å². The molecule has 35 nitrogen and oxygen atoms in total. The third kappa shape index (κ3) is 14.2. The van der Waals surface area contributed by atoms with Crippen molar-refractivity contribution in [2.24, 2.45) is 23.5 Å². The van der Waals surface area contributed by atoms with Gasteiger partial charge in [0.25, 0.3) is 5.79 Å². The number of nitrogens with two attached hydrogens (primary N) is 1. The lowest BCUT2D eigenvalue weighted by Gasteiger charge is -2.50. The monoisotopic (exact) mass is 1230 g/mol. The van der Waals surface area contributed by atoms with E-state index in [2.05, 4.69) is 0 Å². The number of rotatable bonds is 22. The summed E-state index contributed by atoms with van der Waals surface area (Å²) in [6, 6.07) is -1.52. The van der Waals surface area contributed by atoms with Crippen LogP contribution < -0.4 is 5.73 Å². The minimum atomic E-state index is -2.88. The Labute approximate surface area is 479 Å². The van der Waals surface area contributed by atoms with Crippen LogP contribution in [0.2, 0.25) is 0 Å². The first-order valence-corrected chi connectivity index (χ1v) is 27.6. The van der Waals surface area contributed by atoms with E-state index in [-0.39, 0.29) is 0 Å². The first-order valence-electron chi connectivity index (χ1n) is 27.6. The average molecular weight is 1230 g/mol. The number of carbonyl (C=O) groups is 1. The number of carboxylic acid groups (broad SMARTS) is 1. The van der Waals surface area contributed by atoms with Crippen molar-refractivity contribution in [3.05, 3.63) is 0 Å². The minimum Gasteiger partial charge on any atom is -0.477 e. The van der Waals surface area contributed by atoms with Gasteiger partial charge in [-0.2, -0.15) is 0 Å². The molecule has 14 unspecified atom stereocenters. The molecule has 22 N–H and O–H groups in total. The molecule has 7 aliphatic rings. The molecule has 0 aromatic rings. The van der Waals surface area contributed by atoms with Crippen molar-refractivity contribution in [1.82, 2.24) is 0 Å². The van der Waals surface area contributed by atoms with Crippen molar-refractivity contribution in [3.8, 4) is 0 Å². The van der Waals surface area contributed by atoms with Crippen LogP contribution in [0.3, 0.4) is 0 Å².